The predicted octanol–water partition coefficient (Wildman–Crippen LogP) is 1.49. The minimum absolute atomic E-state index is 0.651. The second-order valence-electron chi connectivity index (χ2n) is 1.09. The zero-order chi connectivity index (χ0) is 6.78. The van der Waals surface area contributed by atoms with Crippen LogP contribution >= 0.6 is 0 Å². The van der Waals surface area contributed by atoms with Crippen molar-refractivity contribution < 1.29 is 22.3 Å². The van der Waals surface area contributed by atoms with Gasteiger partial charge in [0.25, 0.3) is 6.36 Å². The number of rotatable bonds is 1. The number of ether oxygens (including phenoxy) is 1. The first-order chi connectivity index (χ1) is 3.48. The van der Waals surface area contributed by atoms with Crippen LogP contribution in [0.1, 0.15) is 0 Å². The normalized spacial score (nSPS) is 16.1. The SMILES string of the molecule is CO[C@H](F)C(F)(F)F. The number of methoxy groups -OCH3 is 1. The van der Waals surface area contributed by atoms with Gasteiger partial charge in [0.2, 0.25) is 0 Å². The second kappa shape index (κ2) is 2.30. The third-order valence-corrected chi connectivity index (χ3v) is 0.464. The molecule has 0 aliphatic rings. The maximum absolute atomic E-state index is 11.3. The predicted molar refractivity (Wildman–Crippen MR) is 18.0 cm³/mol. The minimum atomic E-state index is -4.88. The lowest BCUT2D eigenvalue weighted by molar-refractivity contribution is -0.256. The highest BCUT2D eigenvalue weighted by Crippen LogP contribution is 2.22. The van der Waals surface area contributed by atoms with Crippen LogP contribution in [0.5, 0.6) is 0 Å². The van der Waals surface area contributed by atoms with Crippen LogP contribution in [0.4, 0.5) is 17.6 Å². The zero-order valence-electron chi connectivity index (χ0n) is 4.00. The van der Waals surface area contributed by atoms with Crippen LogP contribution < -0.4 is 0 Å². The van der Waals surface area contributed by atoms with Gasteiger partial charge in [-0.2, -0.15) is 13.2 Å². The van der Waals surface area contributed by atoms with Crippen LogP contribution in [-0.2, 0) is 4.74 Å². The summed E-state index contributed by atoms with van der Waals surface area (Å²) < 4.78 is 47.5. The second-order valence-corrected chi connectivity index (χ2v) is 1.09. The van der Waals surface area contributed by atoms with Crippen LogP contribution in [-0.4, -0.2) is 19.6 Å². The molecule has 0 heterocycles. The lowest BCUT2D eigenvalue weighted by atomic mass is 10.7. The molecule has 0 aromatic heterocycles. The van der Waals surface area contributed by atoms with Gasteiger partial charge < -0.3 is 4.74 Å². The molecule has 0 saturated carbocycles. The highest BCUT2D eigenvalue weighted by atomic mass is 19.4. The molecule has 0 aromatic rings. The van der Waals surface area contributed by atoms with E-state index in [2.05, 4.69) is 4.74 Å². The van der Waals surface area contributed by atoms with E-state index >= 15 is 0 Å². The number of alkyl halides is 4. The van der Waals surface area contributed by atoms with E-state index in [0.29, 0.717) is 7.11 Å². The molecular formula is C3H4F4O. The molecule has 0 rings (SSSR count). The van der Waals surface area contributed by atoms with E-state index in [-0.39, 0.29) is 0 Å². The molecule has 0 aliphatic heterocycles. The third-order valence-electron chi connectivity index (χ3n) is 0.464. The van der Waals surface area contributed by atoms with Gasteiger partial charge in [-0.1, -0.05) is 0 Å². The van der Waals surface area contributed by atoms with E-state index in [9.17, 15) is 17.6 Å². The van der Waals surface area contributed by atoms with E-state index in [1.54, 1.807) is 0 Å². The molecule has 0 saturated heterocycles. The first kappa shape index (κ1) is 7.68. The highest BCUT2D eigenvalue weighted by molar-refractivity contribution is 4.51. The van der Waals surface area contributed by atoms with Gasteiger partial charge >= 0.3 is 6.18 Å². The van der Waals surface area contributed by atoms with Crippen LogP contribution in [0.25, 0.3) is 0 Å². The molecule has 50 valence electrons. The molecule has 0 aliphatic carbocycles. The van der Waals surface area contributed by atoms with Gasteiger partial charge in [-0.15, -0.1) is 0 Å². The summed E-state index contributed by atoms with van der Waals surface area (Å²) in [6.07, 6.45) is -8.03. The van der Waals surface area contributed by atoms with Crippen LogP contribution in [0.3, 0.4) is 0 Å². The van der Waals surface area contributed by atoms with Crippen molar-refractivity contribution in [2.45, 2.75) is 12.5 Å². The molecule has 5 heteroatoms. The number of hydrogen-bond acceptors (Lipinski definition) is 1. The minimum Gasteiger partial charge on any atom is -0.345 e. The lowest BCUT2D eigenvalue weighted by Crippen LogP contribution is -2.25. The van der Waals surface area contributed by atoms with Crippen molar-refractivity contribution in [3.05, 3.63) is 0 Å². The number of halogens is 4. The van der Waals surface area contributed by atoms with E-state index in [1.807, 2.05) is 0 Å². The first-order valence-electron chi connectivity index (χ1n) is 1.72. The highest BCUT2D eigenvalue weighted by Gasteiger charge is 2.40. The van der Waals surface area contributed by atoms with Crippen molar-refractivity contribution in [1.29, 1.82) is 0 Å². The average molecular weight is 132 g/mol. The van der Waals surface area contributed by atoms with Gasteiger partial charge in [0, 0.05) is 7.11 Å². The monoisotopic (exact) mass is 132 g/mol. The molecule has 1 atom stereocenters. The molecule has 8 heavy (non-hydrogen) atoms. The van der Waals surface area contributed by atoms with Crippen molar-refractivity contribution in [3.8, 4) is 0 Å². The van der Waals surface area contributed by atoms with Crippen LogP contribution in [0.15, 0.2) is 0 Å². The van der Waals surface area contributed by atoms with Gasteiger partial charge in [-0.3, -0.25) is 0 Å². The van der Waals surface area contributed by atoms with Crippen molar-refractivity contribution in [1.82, 2.24) is 0 Å². The average Bonchev–Trinajstić information content (AvgIpc) is 1.62. The van der Waals surface area contributed by atoms with E-state index in [0.717, 1.165) is 0 Å². The van der Waals surface area contributed by atoms with E-state index in [1.165, 1.54) is 0 Å². The largest absolute Gasteiger partial charge is 0.445 e. The summed E-state index contributed by atoms with van der Waals surface area (Å²) in [5, 5.41) is 0. The zero-order valence-corrected chi connectivity index (χ0v) is 4.00. The Morgan fingerprint density at radius 1 is 1.38 bits per heavy atom. The Hall–Kier alpha value is -0.320. The Balaban J connectivity index is 3.62. The maximum Gasteiger partial charge on any atom is 0.445 e. The summed E-state index contributed by atoms with van der Waals surface area (Å²) in [5.74, 6) is 0. The van der Waals surface area contributed by atoms with Gasteiger partial charge in [-0.25, -0.2) is 4.39 Å². The van der Waals surface area contributed by atoms with Crippen molar-refractivity contribution in [3.63, 3.8) is 0 Å². The molecule has 0 bridgehead atoms. The summed E-state index contributed by atoms with van der Waals surface area (Å²) in [6, 6.07) is 0. The van der Waals surface area contributed by atoms with Gasteiger partial charge in [0.1, 0.15) is 0 Å². The van der Waals surface area contributed by atoms with Crippen LogP contribution in [0, 0.1) is 0 Å². The smallest absolute Gasteiger partial charge is 0.345 e. The van der Waals surface area contributed by atoms with Crippen molar-refractivity contribution >= 4 is 0 Å². The Kier molecular flexibility index (Phi) is 2.21. The Labute approximate surface area is 43.2 Å². The van der Waals surface area contributed by atoms with Gasteiger partial charge in [0.05, 0.1) is 0 Å². The Bertz CT molecular complexity index is 68.2. The standard InChI is InChI=1S/C3H4F4O/c1-8-2(4)3(5,6)7/h2H,1H3/t2-/m0/s1. The summed E-state index contributed by atoms with van der Waals surface area (Å²) in [5.41, 5.74) is 0. The lowest BCUT2D eigenvalue weighted by Gasteiger charge is -2.08. The molecule has 1 nitrogen and oxygen atoms in total. The molecule has 0 N–H and O–H groups in total. The third kappa shape index (κ3) is 2.11. The molecular weight excluding hydrogens is 128 g/mol. The fourth-order valence-electron chi connectivity index (χ4n) is 0.134. The Morgan fingerprint density at radius 3 is 1.75 bits per heavy atom. The Morgan fingerprint density at radius 2 is 1.75 bits per heavy atom. The summed E-state index contributed by atoms with van der Waals surface area (Å²) in [4.78, 5) is 0. The molecule has 0 amide bonds. The topological polar surface area (TPSA) is 9.23 Å². The van der Waals surface area contributed by atoms with E-state index in [4.69, 9.17) is 0 Å². The van der Waals surface area contributed by atoms with Crippen LogP contribution in [0.2, 0.25) is 0 Å². The van der Waals surface area contributed by atoms with Gasteiger partial charge in [-0.05, 0) is 0 Å². The van der Waals surface area contributed by atoms with E-state index < -0.39 is 12.5 Å². The molecule has 0 fully saturated rings. The molecule has 0 radical (unpaired) electrons. The van der Waals surface area contributed by atoms with Crippen molar-refractivity contribution in [2.75, 3.05) is 7.11 Å². The number of hydrogen-bond donors (Lipinski definition) is 0. The molecule has 0 unspecified atom stereocenters. The quantitative estimate of drug-likeness (QED) is 0.491. The summed E-state index contributed by atoms with van der Waals surface area (Å²) in [6.45, 7) is 0. The molecule has 0 spiro atoms. The fraction of sp³-hybridized carbons (Fsp3) is 1.00. The molecule has 0 aromatic carbocycles. The summed E-state index contributed by atoms with van der Waals surface area (Å²) in [7, 11) is 0.651. The van der Waals surface area contributed by atoms with Gasteiger partial charge in [0.15, 0.2) is 0 Å². The first-order valence-corrected chi connectivity index (χ1v) is 1.72. The fourth-order valence-corrected chi connectivity index (χ4v) is 0.134. The van der Waals surface area contributed by atoms with Crippen molar-refractivity contribution in [2.24, 2.45) is 0 Å². The maximum atomic E-state index is 11.3. The summed E-state index contributed by atoms with van der Waals surface area (Å²) >= 11 is 0.